The number of rotatable bonds is 6. The molecule has 3 rings (SSSR count). The molecule has 0 saturated carbocycles. The third-order valence-electron chi connectivity index (χ3n) is 4.08. The van der Waals surface area contributed by atoms with Crippen LogP contribution < -0.4 is 0 Å². The standard InChI is InChI=1S/C22H18N2O5/c1-14(25)29-24-21(20-11-15-7-3-4-8-16(15)12-23-20)18-10-6-5-9-17(18)19(13-28-2)22(26)27/h3-13H,1-2H3,(H,26,27). The maximum atomic E-state index is 11.8. The van der Waals surface area contributed by atoms with E-state index in [1.165, 1.54) is 14.0 Å². The summed E-state index contributed by atoms with van der Waals surface area (Å²) in [7, 11) is 1.37. The maximum absolute atomic E-state index is 11.8. The molecule has 1 aromatic heterocycles. The van der Waals surface area contributed by atoms with Crippen LogP contribution in [-0.4, -0.2) is 34.9 Å². The Bertz CT molecular complexity index is 1130. The molecule has 0 aliphatic carbocycles. The van der Waals surface area contributed by atoms with E-state index in [9.17, 15) is 14.7 Å². The molecule has 0 amide bonds. The summed E-state index contributed by atoms with van der Waals surface area (Å²) in [4.78, 5) is 32.5. The molecule has 0 radical (unpaired) electrons. The number of aliphatic carboxylic acids is 1. The second-order valence-corrected chi connectivity index (χ2v) is 6.06. The average Bonchev–Trinajstić information content (AvgIpc) is 2.72. The summed E-state index contributed by atoms with van der Waals surface area (Å²) in [6, 6.07) is 16.2. The summed E-state index contributed by atoms with van der Waals surface area (Å²) in [5.41, 5.74) is 1.37. The molecule has 0 aliphatic rings. The zero-order valence-corrected chi connectivity index (χ0v) is 15.8. The largest absolute Gasteiger partial charge is 0.503 e. The smallest absolute Gasteiger partial charge is 0.339 e. The number of ether oxygens (including phenoxy) is 1. The Labute approximate surface area is 166 Å². The van der Waals surface area contributed by atoms with Crippen LogP contribution in [0.5, 0.6) is 0 Å². The summed E-state index contributed by atoms with van der Waals surface area (Å²) in [6.07, 6.45) is 2.82. The van der Waals surface area contributed by atoms with Crippen molar-refractivity contribution in [3.63, 3.8) is 0 Å². The molecule has 3 aromatic rings. The van der Waals surface area contributed by atoms with Crippen LogP contribution in [0.2, 0.25) is 0 Å². The number of benzene rings is 2. The summed E-state index contributed by atoms with van der Waals surface area (Å²) in [5, 5.41) is 15.4. The van der Waals surface area contributed by atoms with Crippen molar-refractivity contribution >= 4 is 34.0 Å². The van der Waals surface area contributed by atoms with Crippen LogP contribution in [0, 0.1) is 0 Å². The van der Waals surface area contributed by atoms with Gasteiger partial charge in [-0.05, 0) is 11.5 Å². The molecule has 0 saturated heterocycles. The third-order valence-corrected chi connectivity index (χ3v) is 4.08. The van der Waals surface area contributed by atoms with Crippen LogP contribution in [0.25, 0.3) is 16.3 Å². The minimum absolute atomic E-state index is 0.0700. The van der Waals surface area contributed by atoms with Gasteiger partial charge in [0.25, 0.3) is 0 Å². The van der Waals surface area contributed by atoms with Gasteiger partial charge in [-0.25, -0.2) is 9.59 Å². The SMILES string of the molecule is COC=C(C(=O)O)c1ccccc1C(=NOC(C)=O)c1cc2ccccc2cn1. The first kappa shape index (κ1) is 19.8. The number of carbonyl (C=O) groups excluding carboxylic acids is 1. The molecule has 0 fully saturated rings. The second kappa shape index (κ2) is 8.79. The quantitative estimate of drug-likeness (QED) is 0.227. The lowest BCUT2D eigenvalue weighted by molar-refractivity contribution is -0.141. The van der Waals surface area contributed by atoms with Gasteiger partial charge >= 0.3 is 11.9 Å². The number of carboxylic acids is 1. The van der Waals surface area contributed by atoms with E-state index in [-0.39, 0.29) is 11.3 Å². The monoisotopic (exact) mass is 390 g/mol. The molecule has 7 heteroatoms. The van der Waals surface area contributed by atoms with Crippen LogP contribution in [0.4, 0.5) is 0 Å². The lowest BCUT2D eigenvalue weighted by Crippen LogP contribution is -2.13. The van der Waals surface area contributed by atoms with Gasteiger partial charge in [-0.2, -0.15) is 0 Å². The normalized spacial score (nSPS) is 11.9. The summed E-state index contributed by atoms with van der Waals surface area (Å²) in [5.74, 6) is -1.77. The van der Waals surface area contributed by atoms with Gasteiger partial charge in [-0.15, -0.1) is 0 Å². The Morgan fingerprint density at radius 2 is 1.69 bits per heavy atom. The number of oxime groups is 1. The van der Waals surface area contributed by atoms with Crippen molar-refractivity contribution in [1.29, 1.82) is 0 Å². The molecular weight excluding hydrogens is 372 g/mol. The van der Waals surface area contributed by atoms with E-state index in [4.69, 9.17) is 9.57 Å². The van der Waals surface area contributed by atoms with Gasteiger partial charge in [0.2, 0.25) is 0 Å². The Hall–Kier alpha value is -4.00. The van der Waals surface area contributed by atoms with Crippen molar-refractivity contribution in [2.75, 3.05) is 7.11 Å². The Morgan fingerprint density at radius 3 is 2.34 bits per heavy atom. The molecule has 1 heterocycles. The van der Waals surface area contributed by atoms with Crippen LogP contribution >= 0.6 is 0 Å². The van der Waals surface area contributed by atoms with Gasteiger partial charge in [0.05, 0.1) is 19.1 Å². The summed E-state index contributed by atoms with van der Waals surface area (Å²) >= 11 is 0. The zero-order chi connectivity index (χ0) is 20.8. The number of aromatic nitrogens is 1. The van der Waals surface area contributed by atoms with E-state index in [0.29, 0.717) is 16.8 Å². The molecule has 0 atom stereocenters. The zero-order valence-electron chi connectivity index (χ0n) is 15.8. The van der Waals surface area contributed by atoms with Gasteiger partial charge in [-0.3, -0.25) is 4.98 Å². The molecule has 0 unspecified atom stereocenters. The first-order valence-electron chi connectivity index (χ1n) is 8.68. The van der Waals surface area contributed by atoms with Crippen molar-refractivity contribution in [1.82, 2.24) is 4.98 Å². The van der Waals surface area contributed by atoms with E-state index >= 15 is 0 Å². The molecule has 0 spiro atoms. The number of hydrogen-bond acceptors (Lipinski definition) is 6. The highest BCUT2D eigenvalue weighted by Crippen LogP contribution is 2.24. The number of fused-ring (bicyclic) bond motifs is 1. The van der Waals surface area contributed by atoms with Gasteiger partial charge in [0.15, 0.2) is 0 Å². The number of carbonyl (C=O) groups is 2. The lowest BCUT2D eigenvalue weighted by Gasteiger charge is -2.12. The number of methoxy groups -OCH3 is 1. The molecule has 29 heavy (non-hydrogen) atoms. The molecule has 0 bridgehead atoms. The van der Waals surface area contributed by atoms with Crippen molar-refractivity contribution < 1.29 is 24.3 Å². The minimum Gasteiger partial charge on any atom is -0.503 e. The van der Waals surface area contributed by atoms with E-state index in [1.807, 2.05) is 24.3 Å². The average molecular weight is 390 g/mol. The summed E-state index contributed by atoms with van der Waals surface area (Å²) in [6.45, 7) is 1.23. The highest BCUT2D eigenvalue weighted by atomic mass is 16.7. The Morgan fingerprint density at radius 1 is 1.03 bits per heavy atom. The molecule has 2 aromatic carbocycles. The third kappa shape index (κ3) is 4.47. The molecule has 0 aliphatic heterocycles. The van der Waals surface area contributed by atoms with Crippen LogP contribution in [0.15, 0.2) is 72.2 Å². The van der Waals surface area contributed by atoms with E-state index in [0.717, 1.165) is 17.0 Å². The van der Waals surface area contributed by atoms with Crippen LogP contribution in [-0.2, 0) is 19.2 Å². The summed E-state index contributed by atoms with van der Waals surface area (Å²) < 4.78 is 4.93. The van der Waals surface area contributed by atoms with E-state index in [1.54, 1.807) is 36.5 Å². The predicted molar refractivity (Wildman–Crippen MR) is 108 cm³/mol. The first-order chi connectivity index (χ1) is 14.0. The topological polar surface area (TPSA) is 98.1 Å². The second-order valence-electron chi connectivity index (χ2n) is 6.06. The van der Waals surface area contributed by atoms with Gasteiger partial charge < -0.3 is 14.7 Å². The highest BCUT2D eigenvalue weighted by Gasteiger charge is 2.21. The van der Waals surface area contributed by atoms with Crippen molar-refractivity contribution in [2.45, 2.75) is 6.92 Å². The number of carboxylic acid groups (broad SMARTS) is 1. The first-order valence-corrected chi connectivity index (χ1v) is 8.68. The highest BCUT2D eigenvalue weighted by molar-refractivity contribution is 6.22. The predicted octanol–water partition coefficient (Wildman–Crippen LogP) is 3.62. The lowest BCUT2D eigenvalue weighted by atomic mass is 9.95. The minimum atomic E-state index is -1.17. The molecule has 7 nitrogen and oxygen atoms in total. The fourth-order valence-electron chi connectivity index (χ4n) is 2.83. The fraction of sp³-hybridized carbons (Fsp3) is 0.0909. The number of pyridine rings is 1. The van der Waals surface area contributed by atoms with E-state index in [2.05, 4.69) is 10.1 Å². The molecule has 1 N–H and O–H groups in total. The fourth-order valence-corrected chi connectivity index (χ4v) is 2.83. The van der Waals surface area contributed by atoms with Crippen molar-refractivity contribution in [2.24, 2.45) is 5.16 Å². The van der Waals surface area contributed by atoms with Gasteiger partial charge in [-0.1, -0.05) is 53.7 Å². The number of nitrogens with zero attached hydrogens (tertiary/aromatic N) is 2. The van der Waals surface area contributed by atoms with Crippen molar-refractivity contribution in [3.8, 4) is 0 Å². The molecular formula is C22H18N2O5. The van der Waals surface area contributed by atoms with E-state index < -0.39 is 11.9 Å². The van der Waals surface area contributed by atoms with Gasteiger partial charge in [0, 0.05) is 29.6 Å². The Balaban J connectivity index is 2.23. The molecule has 146 valence electrons. The van der Waals surface area contributed by atoms with Crippen molar-refractivity contribution in [3.05, 3.63) is 83.9 Å². The Kier molecular flexibility index (Phi) is 5.99. The van der Waals surface area contributed by atoms with Gasteiger partial charge in [0.1, 0.15) is 11.3 Å². The van der Waals surface area contributed by atoms with Crippen LogP contribution in [0.1, 0.15) is 23.7 Å². The maximum Gasteiger partial charge on any atom is 0.339 e. The van der Waals surface area contributed by atoms with Crippen LogP contribution in [0.3, 0.4) is 0 Å². The number of hydrogen-bond donors (Lipinski definition) is 1.